The van der Waals surface area contributed by atoms with Gasteiger partial charge in [-0.15, -0.1) is 0 Å². The van der Waals surface area contributed by atoms with E-state index in [4.69, 9.17) is 0 Å². The highest BCUT2D eigenvalue weighted by atomic mass is 79.9. The van der Waals surface area contributed by atoms with Crippen LogP contribution in [-0.2, 0) is 6.54 Å². The molecule has 2 aromatic rings. The van der Waals surface area contributed by atoms with E-state index in [0.717, 1.165) is 21.4 Å². The van der Waals surface area contributed by atoms with Crippen LogP contribution in [0.3, 0.4) is 0 Å². The Labute approximate surface area is 120 Å². The van der Waals surface area contributed by atoms with E-state index in [-0.39, 0.29) is 6.03 Å². The van der Waals surface area contributed by atoms with Gasteiger partial charge in [0.05, 0.1) is 12.2 Å². The van der Waals surface area contributed by atoms with Gasteiger partial charge in [0.25, 0.3) is 0 Å². The molecule has 2 rings (SSSR count). The largest absolute Gasteiger partial charge is 0.332 e. The Balaban J connectivity index is 1.93. The van der Waals surface area contributed by atoms with E-state index in [1.165, 1.54) is 0 Å². The standard InChI is InChI=1S/C14H14BrN3O/c1-10-5-6-11(15)8-13(10)18-14(19)17-9-12-4-2-3-7-16-12/h2-8H,9H2,1H3,(H2,17,18,19). The van der Waals surface area contributed by atoms with Crippen LogP contribution in [0.5, 0.6) is 0 Å². The summed E-state index contributed by atoms with van der Waals surface area (Å²) >= 11 is 3.38. The van der Waals surface area contributed by atoms with Crippen molar-refractivity contribution in [3.63, 3.8) is 0 Å². The zero-order valence-electron chi connectivity index (χ0n) is 10.5. The highest BCUT2D eigenvalue weighted by Crippen LogP contribution is 2.20. The van der Waals surface area contributed by atoms with Crippen LogP contribution < -0.4 is 10.6 Å². The molecule has 0 spiro atoms. The van der Waals surface area contributed by atoms with Crippen LogP contribution in [0.15, 0.2) is 47.1 Å². The SMILES string of the molecule is Cc1ccc(Br)cc1NC(=O)NCc1ccccn1. The average molecular weight is 320 g/mol. The van der Waals surface area contributed by atoms with Gasteiger partial charge in [-0.1, -0.05) is 28.1 Å². The van der Waals surface area contributed by atoms with Gasteiger partial charge in [-0.2, -0.15) is 0 Å². The van der Waals surface area contributed by atoms with E-state index in [2.05, 4.69) is 31.5 Å². The number of pyridine rings is 1. The Bertz CT molecular complexity index is 572. The minimum absolute atomic E-state index is 0.244. The molecule has 0 radical (unpaired) electrons. The molecule has 0 atom stereocenters. The van der Waals surface area contributed by atoms with Crippen LogP contribution in [0.1, 0.15) is 11.3 Å². The third-order valence-corrected chi connectivity index (χ3v) is 3.10. The van der Waals surface area contributed by atoms with Crippen molar-refractivity contribution in [3.05, 3.63) is 58.3 Å². The Hall–Kier alpha value is -1.88. The second kappa shape index (κ2) is 6.33. The Morgan fingerprint density at radius 2 is 2.16 bits per heavy atom. The van der Waals surface area contributed by atoms with Crippen molar-refractivity contribution in [1.82, 2.24) is 10.3 Å². The number of nitrogens with zero attached hydrogens (tertiary/aromatic N) is 1. The first-order chi connectivity index (χ1) is 9.15. The van der Waals surface area contributed by atoms with Crippen molar-refractivity contribution < 1.29 is 4.79 Å². The molecule has 2 amide bonds. The molecule has 0 fully saturated rings. The smallest absolute Gasteiger partial charge is 0.319 e. The van der Waals surface area contributed by atoms with Crippen molar-refractivity contribution in [2.24, 2.45) is 0 Å². The normalized spacial score (nSPS) is 10.0. The summed E-state index contributed by atoms with van der Waals surface area (Å²) in [6.07, 6.45) is 1.70. The number of benzene rings is 1. The number of hydrogen-bond acceptors (Lipinski definition) is 2. The number of nitrogens with one attached hydrogen (secondary N) is 2. The number of carbonyl (C=O) groups excluding carboxylic acids is 1. The number of anilines is 1. The van der Waals surface area contributed by atoms with Gasteiger partial charge in [0, 0.05) is 16.4 Å². The first-order valence-corrected chi connectivity index (χ1v) is 6.65. The zero-order valence-corrected chi connectivity index (χ0v) is 12.1. The Morgan fingerprint density at radius 3 is 2.89 bits per heavy atom. The maximum absolute atomic E-state index is 11.8. The van der Waals surface area contributed by atoms with Crippen LogP contribution in [0, 0.1) is 6.92 Å². The van der Waals surface area contributed by atoms with Crippen LogP contribution in [0.25, 0.3) is 0 Å². The maximum atomic E-state index is 11.8. The lowest BCUT2D eigenvalue weighted by molar-refractivity contribution is 0.251. The number of carbonyl (C=O) groups is 1. The van der Waals surface area contributed by atoms with Gasteiger partial charge < -0.3 is 10.6 Å². The Kier molecular flexibility index (Phi) is 4.52. The molecule has 1 aromatic heterocycles. The quantitative estimate of drug-likeness (QED) is 0.910. The molecule has 0 aliphatic carbocycles. The summed E-state index contributed by atoms with van der Waals surface area (Å²) in [5.41, 5.74) is 2.62. The first kappa shape index (κ1) is 13.5. The monoisotopic (exact) mass is 319 g/mol. The molecular weight excluding hydrogens is 306 g/mol. The molecule has 4 nitrogen and oxygen atoms in total. The number of aromatic nitrogens is 1. The minimum Gasteiger partial charge on any atom is -0.332 e. The average Bonchev–Trinajstić information content (AvgIpc) is 2.42. The summed E-state index contributed by atoms with van der Waals surface area (Å²) in [7, 11) is 0. The van der Waals surface area contributed by atoms with Crippen LogP contribution in [0.4, 0.5) is 10.5 Å². The van der Waals surface area contributed by atoms with E-state index in [9.17, 15) is 4.79 Å². The van der Waals surface area contributed by atoms with Crippen molar-refractivity contribution in [2.75, 3.05) is 5.32 Å². The fraction of sp³-hybridized carbons (Fsp3) is 0.143. The number of rotatable bonds is 3. The summed E-state index contributed by atoms with van der Waals surface area (Å²) in [6.45, 7) is 2.35. The molecule has 2 N–H and O–H groups in total. The topological polar surface area (TPSA) is 54.0 Å². The second-order valence-electron chi connectivity index (χ2n) is 4.09. The maximum Gasteiger partial charge on any atom is 0.319 e. The van der Waals surface area contributed by atoms with Gasteiger partial charge in [-0.3, -0.25) is 4.98 Å². The highest BCUT2D eigenvalue weighted by molar-refractivity contribution is 9.10. The van der Waals surface area contributed by atoms with Gasteiger partial charge in [-0.25, -0.2) is 4.79 Å². The van der Waals surface area contributed by atoms with Crippen molar-refractivity contribution in [2.45, 2.75) is 13.5 Å². The van der Waals surface area contributed by atoms with E-state index in [1.54, 1.807) is 6.20 Å². The van der Waals surface area contributed by atoms with Crippen LogP contribution >= 0.6 is 15.9 Å². The number of urea groups is 1. The lowest BCUT2D eigenvalue weighted by atomic mass is 10.2. The van der Waals surface area contributed by atoms with Gasteiger partial charge in [0.2, 0.25) is 0 Å². The van der Waals surface area contributed by atoms with E-state index >= 15 is 0 Å². The van der Waals surface area contributed by atoms with Crippen LogP contribution in [0.2, 0.25) is 0 Å². The van der Waals surface area contributed by atoms with Crippen LogP contribution in [-0.4, -0.2) is 11.0 Å². The van der Waals surface area contributed by atoms with E-state index in [1.807, 2.05) is 43.3 Å². The molecule has 0 bridgehead atoms. The predicted molar refractivity (Wildman–Crippen MR) is 79.0 cm³/mol. The molecule has 0 aliphatic rings. The molecular formula is C14H14BrN3O. The molecule has 1 heterocycles. The highest BCUT2D eigenvalue weighted by Gasteiger charge is 2.05. The van der Waals surface area contributed by atoms with Gasteiger partial charge >= 0.3 is 6.03 Å². The molecule has 5 heteroatoms. The van der Waals surface area contributed by atoms with Crippen molar-refractivity contribution in [3.8, 4) is 0 Å². The molecule has 19 heavy (non-hydrogen) atoms. The molecule has 0 unspecified atom stereocenters. The van der Waals surface area contributed by atoms with Crippen molar-refractivity contribution >= 4 is 27.6 Å². The molecule has 0 saturated heterocycles. The fourth-order valence-corrected chi connectivity index (χ4v) is 1.93. The van der Waals surface area contributed by atoms with E-state index < -0.39 is 0 Å². The third-order valence-electron chi connectivity index (χ3n) is 2.60. The van der Waals surface area contributed by atoms with Gasteiger partial charge in [0.15, 0.2) is 0 Å². The lowest BCUT2D eigenvalue weighted by Gasteiger charge is -2.10. The number of amides is 2. The summed E-state index contributed by atoms with van der Waals surface area (Å²) < 4.78 is 0.929. The molecule has 98 valence electrons. The second-order valence-corrected chi connectivity index (χ2v) is 5.00. The first-order valence-electron chi connectivity index (χ1n) is 5.86. The third kappa shape index (κ3) is 4.06. The molecule has 0 aliphatic heterocycles. The molecule has 0 saturated carbocycles. The molecule has 1 aromatic carbocycles. The summed E-state index contributed by atoms with van der Waals surface area (Å²) in [5, 5.41) is 5.58. The summed E-state index contributed by atoms with van der Waals surface area (Å²) in [4.78, 5) is 15.9. The van der Waals surface area contributed by atoms with Gasteiger partial charge in [0.1, 0.15) is 0 Å². The lowest BCUT2D eigenvalue weighted by Crippen LogP contribution is -2.28. The summed E-state index contributed by atoms with van der Waals surface area (Å²) in [6, 6.07) is 11.1. The zero-order chi connectivity index (χ0) is 13.7. The Morgan fingerprint density at radius 1 is 1.32 bits per heavy atom. The summed E-state index contributed by atoms with van der Waals surface area (Å²) in [5.74, 6) is 0. The number of halogens is 1. The predicted octanol–water partition coefficient (Wildman–Crippen LogP) is 3.47. The fourth-order valence-electron chi connectivity index (χ4n) is 1.57. The minimum atomic E-state index is -0.244. The number of hydrogen-bond donors (Lipinski definition) is 2. The van der Waals surface area contributed by atoms with Crippen molar-refractivity contribution in [1.29, 1.82) is 0 Å². The number of aryl methyl sites for hydroxylation is 1. The van der Waals surface area contributed by atoms with E-state index in [0.29, 0.717) is 6.54 Å². The van der Waals surface area contributed by atoms with Gasteiger partial charge in [-0.05, 0) is 36.8 Å².